The van der Waals surface area contributed by atoms with Gasteiger partial charge in [-0.25, -0.2) is 9.78 Å². The maximum Gasteiger partial charge on any atom is 0.404 e. The topological polar surface area (TPSA) is 110 Å². The second-order valence-electron chi connectivity index (χ2n) is 7.59. The van der Waals surface area contributed by atoms with Crippen LogP contribution in [0.4, 0.5) is 4.79 Å². The molecule has 0 bridgehead atoms. The quantitative estimate of drug-likeness (QED) is 0.625. The number of aromatic nitrogens is 3. The van der Waals surface area contributed by atoms with Crippen molar-refractivity contribution in [2.75, 3.05) is 26.7 Å². The van der Waals surface area contributed by atoms with Gasteiger partial charge < -0.3 is 24.6 Å². The Bertz CT molecular complexity index is 1120. The maximum absolute atomic E-state index is 12.7. The number of methoxy groups -OCH3 is 1. The van der Waals surface area contributed by atoms with Gasteiger partial charge in [0.05, 0.1) is 24.3 Å². The van der Waals surface area contributed by atoms with Crippen LogP contribution in [-0.4, -0.2) is 63.4 Å². The Kier molecular flexibility index (Phi) is 6.13. The van der Waals surface area contributed by atoms with Crippen LogP contribution < -0.4 is 15.6 Å². The largest absolute Gasteiger partial charge is 0.497 e. The predicted octanol–water partition coefficient (Wildman–Crippen LogP) is 2.20. The number of nitrogens with zero attached hydrogens (tertiary/aromatic N) is 4. The zero-order chi connectivity index (χ0) is 21.8. The Balaban J connectivity index is 1.60. The maximum atomic E-state index is 12.7. The van der Waals surface area contributed by atoms with Crippen molar-refractivity contribution in [2.45, 2.75) is 25.4 Å². The summed E-state index contributed by atoms with van der Waals surface area (Å²) in [5.74, 6) is 0.654. The first-order valence-electron chi connectivity index (χ1n) is 10.2. The Labute approximate surface area is 179 Å². The second kappa shape index (κ2) is 9.13. The molecule has 1 aliphatic rings. The summed E-state index contributed by atoms with van der Waals surface area (Å²) >= 11 is 0. The van der Waals surface area contributed by atoms with Crippen molar-refractivity contribution in [3.63, 3.8) is 0 Å². The number of hydrogen-bond acceptors (Lipinski definition) is 6. The standard InChI is InChI=1S/C22H25N5O4/c1-31-17-12-18(15-2-6-23-7-3-15)21-19(13-17)27(20(28)14-24-21)11-10-26-8-4-16(5-9-26)25-22(29)30/h2-3,6-7,12-14,16,25H,4-5,8-11H2,1H3,(H,29,30). The normalized spacial score (nSPS) is 15.1. The molecule has 1 aliphatic heterocycles. The minimum absolute atomic E-state index is 0.00888. The van der Waals surface area contributed by atoms with Gasteiger partial charge >= 0.3 is 6.09 Å². The summed E-state index contributed by atoms with van der Waals surface area (Å²) in [4.78, 5) is 34.3. The number of pyridine rings is 1. The van der Waals surface area contributed by atoms with E-state index >= 15 is 0 Å². The van der Waals surface area contributed by atoms with Crippen molar-refractivity contribution in [3.8, 4) is 16.9 Å². The molecule has 3 heterocycles. The smallest absolute Gasteiger partial charge is 0.404 e. The number of rotatable bonds is 6. The highest BCUT2D eigenvalue weighted by molar-refractivity contribution is 5.93. The summed E-state index contributed by atoms with van der Waals surface area (Å²) in [7, 11) is 1.60. The molecule has 0 aliphatic carbocycles. The zero-order valence-corrected chi connectivity index (χ0v) is 17.3. The molecule has 0 spiro atoms. The Morgan fingerprint density at radius 2 is 1.97 bits per heavy atom. The third kappa shape index (κ3) is 4.66. The van der Waals surface area contributed by atoms with E-state index in [9.17, 15) is 9.59 Å². The fourth-order valence-electron chi connectivity index (χ4n) is 4.06. The van der Waals surface area contributed by atoms with Gasteiger partial charge in [-0.3, -0.25) is 9.78 Å². The molecule has 1 aromatic carbocycles. The number of carboxylic acid groups (broad SMARTS) is 1. The van der Waals surface area contributed by atoms with E-state index in [2.05, 4.69) is 20.2 Å². The first kappa shape index (κ1) is 20.8. The van der Waals surface area contributed by atoms with Gasteiger partial charge in [-0.05, 0) is 36.6 Å². The van der Waals surface area contributed by atoms with Crippen LogP contribution in [0.5, 0.6) is 5.75 Å². The van der Waals surface area contributed by atoms with Crippen molar-refractivity contribution < 1.29 is 14.6 Å². The minimum atomic E-state index is -0.979. The van der Waals surface area contributed by atoms with E-state index in [1.807, 2.05) is 24.3 Å². The lowest BCUT2D eigenvalue weighted by molar-refractivity contribution is 0.166. The van der Waals surface area contributed by atoms with E-state index in [1.165, 1.54) is 6.20 Å². The Morgan fingerprint density at radius 1 is 1.23 bits per heavy atom. The molecule has 2 aromatic heterocycles. The van der Waals surface area contributed by atoms with Gasteiger partial charge in [0.2, 0.25) is 0 Å². The molecule has 0 unspecified atom stereocenters. The van der Waals surface area contributed by atoms with Crippen LogP contribution in [0.15, 0.2) is 47.7 Å². The van der Waals surface area contributed by atoms with Crippen molar-refractivity contribution in [1.82, 2.24) is 24.8 Å². The van der Waals surface area contributed by atoms with Crippen LogP contribution in [0.3, 0.4) is 0 Å². The molecule has 1 amide bonds. The number of carbonyl (C=O) groups is 1. The van der Waals surface area contributed by atoms with Gasteiger partial charge in [0.25, 0.3) is 5.56 Å². The molecule has 1 saturated heterocycles. The second-order valence-corrected chi connectivity index (χ2v) is 7.59. The number of fused-ring (bicyclic) bond motifs is 1. The summed E-state index contributed by atoms with van der Waals surface area (Å²) in [5.41, 5.74) is 3.12. The Hall–Kier alpha value is -3.46. The number of nitrogens with one attached hydrogen (secondary N) is 1. The molecule has 3 aromatic rings. The average molecular weight is 423 g/mol. The van der Waals surface area contributed by atoms with Crippen molar-refractivity contribution in [2.24, 2.45) is 0 Å². The van der Waals surface area contributed by atoms with Crippen LogP contribution in [0.25, 0.3) is 22.2 Å². The summed E-state index contributed by atoms with van der Waals surface area (Å²) in [6.45, 7) is 2.78. The van der Waals surface area contributed by atoms with Gasteiger partial charge in [0, 0.05) is 56.2 Å². The highest BCUT2D eigenvalue weighted by atomic mass is 16.5. The van der Waals surface area contributed by atoms with Crippen molar-refractivity contribution in [1.29, 1.82) is 0 Å². The van der Waals surface area contributed by atoms with Crippen LogP contribution >= 0.6 is 0 Å². The molecule has 1 fully saturated rings. The van der Waals surface area contributed by atoms with Gasteiger partial charge in [-0.1, -0.05) is 0 Å². The van der Waals surface area contributed by atoms with Gasteiger partial charge in [-0.15, -0.1) is 0 Å². The molecule has 0 radical (unpaired) electrons. The monoisotopic (exact) mass is 423 g/mol. The molecule has 9 heteroatoms. The van der Waals surface area contributed by atoms with Crippen LogP contribution in [0.1, 0.15) is 12.8 Å². The fraction of sp³-hybridized carbons (Fsp3) is 0.364. The number of amides is 1. The van der Waals surface area contributed by atoms with E-state index in [0.717, 1.165) is 48.1 Å². The summed E-state index contributed by atoms with van der Waals surface area (Å²) in [6.07, 6.45) is 5.35. The predicted molar refractivity (Wildman–Crippen MR) is 116 cm³/mol. The first-order valence-corrected chi connectivity index (χ1v) is 10.2. The zero-order valence-electron chi connectivity index (χ0n) is 17.3. The molecular formula is C22H25N5O4. The highest BCUT2D eigenvalue weighted by Crippen LogP contribution is 2.31. The van der Waals surface area contributed by atoms with Crippen molar-refractivity contribution >= 4 is 17.1 Å². The molecule has 2 N–H and O–H groups in total. The molecule has 162 valence electrons. The van der Waals surface area contributed by atoms with E-state index in [-0.39, 0.29) is 11.6 Å². The van der Waals surface area contributed by atoms with Gasteiger partial charge in [-0.2, -0.15) is 0 Å². The van der Waals surface area contributed by atoms with E-state index < -0.39 is 6.09 Å². The third-order valence-corrected chi connectivity index (χ3v) is 5.71. The van der Waals surface area contributed by atoms with Crippen LogP contribution in [0.2, 0.25) is 0 Å². The van der Waals surface area contributed by atoms with E-state index in [1.54, 1.807) is 24.1 Å². The number of ether oxygens (including phenoxy) is 1. The molecule has 9 nitrogen and oxygen atoms in total. The molecule has 31 heavy (non-hydrogen) atoms. The molecule has 4 rings (SSSR count). The fourth-order valence-corrected chi connectivity index (χ4v) is 4.06. The number of likely N-dealkylation sites (tertiary alicyclic amines) is 1. The Morgan fingerprint density at radius 3 is 2.65 bits per heavy atom. The SMILES string of the molecule is COc1cc(-c2ccncc2)c2ncc(=O)n(CCN3CCC(NC(=O)O)CC3)c2c1. The highest BCUT2D eigenvalue weighted by Gasteiger charge is 2.21. The van der Waals surface area contributed by atoms with Crippen LogP contribution in [-0.2, 0) is 6.54 Å². The number of piperidine rings is 1. The lowest BCUT2D eigenvalue weighted by atomic mass is 10.0. The molecule has 0 saturated carbocycles. The van der Waals surface area contributed by atoms with Gasteiger partial charge in [0.15, 0.2) is 0 Å². The van der Waals surface area contributed by atoms with Crippen LogP contribution in [0, 0.1) is 0 Å². The molecular weight excluding hydrogens is 398 g/mol. The average Bonchev–Trinajstić information content (AvgIpc) is 2.79. The third-order valence-electron chi connectivity index (χ3n) is 5.71. The minimum Gasteiger partial charge on any atom is -0.497 e. The van der Waals surface area contributed by atoms with Crippen molar-refractivity contribution in [3.05, 3.63) is 53.2 Å². The summed E-state index contributed by atoms with van der Waals surface area (Å²) in [5, 5.41) is 11.4. The molecule has 0 atom stereocenters. The lowest BCUT2D eigenvalue weighted by Gasteiger charge is -2.31. The van der Waals surface area contributed by atoms with E-state index in [0.29, 0.717) is 18.8 Å². The summed E-state index contributed by atoms with van der Waals surface area (Å²) in [6, 6.07) is 7.56. The first-order chi connectivity index (χ1) is 15.0. The van der Waals surface area contributed by atoms with Gasteiger partial charge in [0.1, 0.15) is 5.75 Å². The van der Waals surface area contributed by atoms with E-state index in [4.69, 9.17) is 9.84 Å². The summed E-state index contributed by atoms with van der Waals surface area (Å²) < 4.78 is 7.23. The lowest BCUT2D eigenvalue weighted by Crippen LogP contribution is -2.45. The number of hydrogen-bond donors (Lipinski definition) is 2. The number of benzene rings is 1.